The number of carboxylic acid groups (broad SMARTS) is 2. The van der Waals surface area contributed by atoms with Crippen LogP contribution >= 0.6 is 0 Å². The number of alkyl halides is 6. The largest absolute Gasteiger partial charge is 0.490 e. The molecule has 0 spiro atoms. The van der Waals surface area contributed by atoms with Crippen molar-refractivity contribution in [2.24, 2.45) is 11.5 Å². The number of nitrogens with two attached hydrogens (primary N) is 2. The molecule has 250 valence electrons. The number of aryl methyl sites for hydroxylation is 1. The van der Waals surface area contributed by atoms with Gasteiger partial charge in [-0.2, -0.15) is 26.3 Å². The Kier molecular flexibility index (Phi) is 12.6. The van der Waals surface area contributed by atoms with Crippen molar-refractivity contribution in [3.05, 3.63) is 107 Å². The predicted octanol–water partition coefficient (Wildman–Crippen LogP) is 5.49. The number of primary amides is 1. The van der Waals surface area contributed by atoms with Gasteiger partial charge in [-0.15, -0.1) is 0 Å². The molecule has 0 saturated heterocycles. The number of nitrogens with one attached hydrogen (secondary N) is 3. The first kappa shape index (κ1) is 37.3. The highest BCUT2D eigenvalue weighted by Crippen LogP contribution is 2.29. The summed E-state index contributed by atoms with van der Waals surface area (Å²) in [5.74, 6) is -5.27. The van der Waals surface area contributed by atoms with Crippen molar-refractivity contribution in [3.8, 4) is 11.3 Å². The number of rotatable bonds is 8. The Balaban J connectivity index is 0.000000459. The molecule has 9 N–H and O–H groups in total. The van der Waals surface area contributed by atoms with Crippen LogP contribution in [0, 0.1) is 5.41 Å². The van der Waals surface area contributed by atoms with Crippen LogP contribution in [0.1, 0.15) is 45.8 Å². The number of H-pyrrole nitrogens is 1. The first-order valence-electron chi connectivity index (χ1n) is 13.2. The Morgan fingerprint density at radius 2 is 1.45 bits per heavy atom. The predicted molar refractivity (Wildman–Crippen MR) is 159 cm³/mol. The lowest BCUT2D eigenvalue weighted by atomic mass is 10.0. The first-order valence-corrected chi connectivity index (χ1v) is 13.2. The van der Waals surface area contributed by atoms with Crippen LogP contribution in [-0.4, -0.2) is 56.2 Å². The number of nitrogens with zero attached hydrogens (tertiary/aromatic N) is 1. The normalized spacial score (nSPS) is 11.6. The molecule has 0 aliphatic heterocycles. The molecule has 0 aliphatic rings. The fourth-order valence-corrected chi connectivity index (χ4v) is 3.77. The lowest BCUT2D eigenvalue weighted by Gasteiger charge is -2.20. The van der Waals surface area contributed by atoms with Gasteiger partial charge in [0.1, 0.15) is 17.7 Å². The van der Waals surface area contributed by atoms with Crippen molar-refractivity contribution in [2.45, 2.75) is 31.7 Å². The van der Waals surface area contributed by atoms with Gasteiger partial charge in [-0.05, 0) is 47.9 Å². The Bertz CT molecular complexity index is 1680. The van der Waals surface area contributed by atoms with Crippen molar-refractivity contribution >= 4 is 29.4 Å². The molecule has 1 atom stereocenters. The zero-order chi connectivity index (χ0) is 35.5. The van der Waals surface area contributed by atoms with Gasteiger partial charge >= 0.3 is 24.3 Å². The van der Waals surface area contributed by atoms with Gasteiger partial charge in [-0.3, -0.25) is 10.2 Å². The standard InChI is InChI=1S/C26H26N6O.2C2HF3O2/c1-2-16-6-5-7-18(14-16)23(31-19-12-10-17(11-13-19)24(27)28)26-30-15-22(32-26)20-8-3-4-9-21(20)25(29)33;2*3-2(4,5)1(6)7/h3-15,23,31H,2H2,1H3,(H3,27,28)(H2,29,33)(H,30,32);2*(H,6,7)/t23-;;/m1../s1. The van der Waals surface area contributed by atoms with Gasteiger partial charge in [0.05, 0.1) is 11.9 Å². The van der Waals surface area contributed by atoms with E-state index in [0.717, 1.165) is 17.7 Å². The van der Waals surface area contributed by atoms with Crippen molar-refractivity contribution in [1.29, 1.82) is 5.41 Å². The van der Waals surface area contributed by atoms with E-state index in [1.165, 1.54) is 5.56 Å². The van der Waals surface area contributed by atoms with Crippen molar-refractivity contribution in [1.82, 2.24) is 9.97 Å². The van der Waals surface area contributed by atoms with Gasteiger partial charge in [0.2, 0.25) is 5.91 Å². The van der Waals surface area contributed by atoms with Gasteiger partial charge in [-0.25, -0.2) is 14.6 Å². The number of nitrogen functional groups attached to an aromatic ring is 1. The number of carboxylic acids is 2. The highest BCUT2D eigenvalue weighted by Gasteiger charge is 2.38. The quantitative estimate of drug-likeness (QED) is 0.0725. The van der Waals surface area contributed by atoms with E-state index in [9.17, 15) is 31.1 Å². The fourth-order valence-electron chi connectivity index (χ4n) is 3.77. The minimum atomic E-state index is -5.08. The maximum Gasteiger partial charge on any atom is 0.490 e. The summed E-state index contributed by atoms with van der Waals surface area (Å²) in [5, 5.41) is 25.4. The number of amidine groups is 1. The molecule has 0 unspecified atom stereocenters. The molecule has 17 heteroatoms. The Morgan fingerprint density at radius 1 is 0.894 bits per heavy atom. The number of carbonyl (C=O) groups is 3. The van der Waals surface area contributed by atoms with Crippen LogP contribution in [0.2, 0.25) is 0 Å². The summed E-state index contributed by atoms with van der Waals surface area (Å²) in [5.41, 5.74) is 16.8. The van der Waals surface area contributed by atoms with Gasteiger partial charge in [0.25, 0.3) is 0 Å². The van der Waals surface area contributed by atoms with E-state index < -0.39 is 30.2 Å². The number of carbonyl (C=O) groups excluding carboxylic acids is 1. The Hall–Kier alpha value is -5.87. The zero-order valence-electron chi connectivity index (χ0n) is 24.3. The lowest BCUT2D eigenvalue weighted by molar-refractivity contribution is -0.193. The summed E-state index contributed by atoms with van der Waals surface area (Å²) in [6.45, 7) is 2.12. The number of aromatic amines is 1. The molecule has 3 aromatic carbocycles. The molecule has 4 aromatic rings. The summed E-state index contributed by atoms with van der Waals surface area (Å²) in [6.07, 6.45) is -7.53. The molecule has 4 rings (SSSR count). The highest BCUT2D eigenvalue weighted by atomic mass is 19.4. The molecule has 11 nitrogen and oxygen atoms in total. The van der Waals surface area contributed by atoms with Crippen LogP contribution in [0.5, 0.6) is 0 Å². The summed E-state index contributed by atoms with van der Waals surface area (Å²) in [6, 6.07) is 22.7. The molecule has 1 amide bonds. The molecular formula is C30H28F6N6O5. The van der Waals surface area contributed by atoms with Crippen LogP contribution in [0.15, 0.2) is 79.0 Å². The summed E-state index contributed by atoms with van der Waals surface area (Å²) in [4.78, 5) is 37.7. The number of anilines is 1. The van der Waals surface area contributed by atoms with E-state index in [4.69, 9.17) is 36.7 Å². The van der Waals surface area contributed by atoms with Gasteiger partial charge in [0, 0.05) is 22.4 Å². The average Bonchev–Trinajstić information content (AvgIpc) is 3.49. The van der Waals surface area contributed by atoms with Gasteiger partial charge in [-0.1, -0.05) is 49.4 Å². The molecule has 0 bridgehead atoms. The topological polar surface area (TPSA) is 208 Å². The fraction of sp³-hybridized carbons (Fsp3) is 0.167. The second kappa shape index (κ2) is 15.9. The summed E-state index contributed by atoms with van der Waals surface area (Å²) in [7, 11) is 0. The van der Waals surface area contributed by atoms with Crippen LogP contribution < -0.4 is 16.8 Å². The van der Waals surface area contributed by atoms with Gasteiger partial charge < -0.3 is 32.0 Å². The van der Waals surface area contributed by atoms with Crippen LogP contribution in [0.25, 0.3) is 11.3 Å². The van der Waals surface area contributed by atoms with Crippen molar-refractivity contribution < 1.29 is 50.9 Å². The molecule has 1 aromatic heterocycles. The van der Waals surface area contributed by atoms with E-state index in [2.05, 4.69) is 40.4 Å². The number of imidazole rings is 1. The van der Waals surface area contributed by atoms with Gasteiger partial charge in [0.15, 0.2) is 0 Å². The number of aromatic nitrogens is 2. The molecule has 0 aliphatic carbocycles. The Labute approximate surface area is 262 Å². The smallest absolute Gasteiger partial charge is 0.475 e. The second-order valence-electron chi connectivity index (χ2n) is 9.36. The molecule has 47 heavy (non-hydrogen) atoms. The molecule has 0 radical (unpaired) electrons. The number of amides is 1. The summed E-state index contributed by atoms with van der Waals surface area (Å²) < 4.78 is 63.5. The molecular weight excluding hydrogens is 638 g/mol. The number of aliphatic carboxylic acids is 2. The maximum absolute atomic E-state index is 11.9. The van der Waals surface area contributed by atoms with E-state index in [0.29, 0.717) is 28.2 Å². The lowest BCUT2D eigenvalue weighted by Crippen LogP contribution is -2.21. The number of hydrogen-bond donors (Lipinski definition) is 7. The highest BCUT2D eigenvalue weighted by molar-refractivity contribution is 5.99. The minimum absolute atomic E-state index is 0.0255. The van der Waals surface area contributed by atoms with Crippen molar-refractivity contribution in [3.63, 3.8) is 0 Å². The number of hydrogen-bond acceptors (Lipinski definition) is 6. The SMILES string of the molecule is CCc1cccc([C@@H](Nc2ccc(C(=N)N)cc2)c2ncc(-c3ccccc3C(N)=O)[nH]2)c1.O=C(O)C(F)(F)F.O=C(O)C(F)(F)F. The van der Waals surface area contributed by atoms with E-state index in [-0.39, 0.29) is 11.9 Å². The van der Waals surface area contributed by atoms with Crippen LogP contribution in [0.4, 0.5) is 32.0 Å². The van der Waals surface area contributed by atoms with Crippen LogP contribution in [-0.2, 0) is 16.0 Å². The van der Waals surface area contributed by atoms with Crippen molar-refractivity contribution in [2.75, 3.05) is 5.32 Å². The molecule has 1 heterocycles. The number of halogens is 6. The third kappa shape index (κ3) is 11.2. The first-order chi connectivity index (χ1) is 21.8. The minimum Gasteiger partial charge on any atom is -0.475 e. The third-order valence-electron chi connectivity index (χ3n) is 6.04. The molecule has 0 fully saturated rings. The summed E-state index contributed by atoms with van der Waals surface area (Å²) >= 11 is 0. The Morgan fingerprint density at radius 3 is 1.94 bits per heavy atom. The number of benzene rings is 3. The average molecular weight is 667 g/mol. The second-order valence-corrected chi connectivity index (χ2v) is 9.36. The van der Waals surface area contributed by atoms with E-state index in [1.54, 1.807) is 30.5 Å². The monoisotopic (exact) mass is 666 g/mol. The third-order valence-corrected chi connectivity index (χ3v) is 6.04. The molecule has 0 saturated carbocycles. The van der Waals surface area contributed by atoms with Crippen LogP contribution in [0.3, 0.4) is 0 Å². The van der Waals surface area contributed by atoms with E-state index in [1.807, 2.05) is 30.3 Å². The zero-order valence-corrected chi connectivity index (χ0v) is 24.3. The van der Waals surface area contributed by atoms with E-state index >= 15 is 0 Å². The maximum atomic E-state index is 11.9.